The highest BCUT2D eigenvalue weighted by Crippen LogP contribution is 2.20. The molecular weight excluding hydrogens is 258 g/mol. The lowest BCUT2D eigenvalue weighted by atomic mass is 10.1. The molecule has 0 spiro atoms. The monoisotopic (exact) mass is 273 g/mol. The second-order valence-corrected chi connectivity index (χ2v) is 4.59. The number of hydrogen-bond donors (Lipinski definition) is 0. The Bertz CT molecular complexity index is 726. The zero-order chi connectivity index (χ0) is 14.3. The molecule has 0 amide bonds. The number of aliphatic imine (C=N–C) groups is 1. The first-order valence-corrected chi connectivity index (χ1v) is 6.81. The smallest absolute Gasteiger partial charge is 0.152 e. The molecule has 0 fully saturated rings. The van der Waals surface area contributed by atoms with Crippen LogP contribution in [-0.4, -0.2) is 6.21 Å². The lowest BCUT2D eigenvalue weighted by Gasteiger charge is -1.99. The molecule has 0 atom stereocenters. The van der Waals surface area contributed by atoms with Gasteiger partial charge in [0.1, 0.15) is 5.70 Å². The van der Waals surface area contributed by atoms with Crippen molar-refractivity contribution in [3.05, 3.63) is 95.9 Å². The van der Waals surface area contributed by atoms with E-state index in [0.717, 1.165) is 22.6 Å². The van der Waals surface area contributed by atoms with Crippen molar-refractivity contribution >= 4 is 18.0 Å². The highest BCUT2D eigenvalue weighted by atomic mass is 16.3. The largest absolute Gasteiger partial charge is 0.463 e. The van der Waals surface area contributed by atoms with E-state index in [9.17, 15) is 0 Å². The van der Waals surface area contributed by atoms with Crippen LogP contribution < -0.4 is 0 Å². The van der Waals surface area contributed by atoms with Crippen LogP contribution in [0.4, 0.5) is 0 Å². The van der Waals surface area contributed by atoms with Crippen LogP contribution in [0.15, 0.2) is 88.5 Å². The summed E-state index contributed by atoms with van der Waals surface area (Å²) < 4.78 is 5.47. The van der Waals surface area contributed by atoms with Crippen LogP contribution in [-0.2, 0) is 0 Å². The summed E-state index contributed by atoms with van der Waals surface area (Å²) in [5, 5.41) is 0. The fourth-order valence-corrected chi connectivity index (χ4v) is 1.99. The molecule has 0 unspecified atom stereocenters. The predicted octanol–water partition coefficient (Wildman–Crippen LogP) is 4.90. The van der Waals surface area contributed by atoms with Crippen LogP contribution in [0.1, 0.15) is 16.9 Å². The molecule has 2 aromatic carbocycles. The summed E-state index contributed by atoms with van der Waals surface area (Å²) in [6, 6.07) is 23.9. The van der Waals surface area contributed by atoms with Gasteiger partial charge in [-0.05, 0) is 29.3 Å². The van der Waals surface area contributed by atoms with Crippen LogP contribution in [0.25, 0.3) is 11.8 Å². The molecular formula is C19H15NO. The summed E-state index contributed by atoms with van der Waals surface area (Å²) >= 11 is 0. The van der Waals surface area contributed by atoms with Crippen LogP contribution in [0.3, 0.4) is 0 Å². The molecule has 1 aromatic heterocycles. The third-order valence-corrected chi connectivity index (χ3v) is 3.03. The Labute approximate surface area is 124 Å². The number of furan rings is 1. The first-order chi connectivity index (χ1) is 10.4. The molecule has 0 N–H and O–H groups in total. The Kier molecular flexibility index (Phi) is 4.08. The van der Waals surface area contributed by atoms with Crippen molar-refractivity contribution in [3.8, 4) is 0 Å². The minimum atomic E-state index is 0.756. The minimum absolute atomic E-state index is 0.756. The number of hydrogen-bond acceptors (Lipinski definition) is 2. The zero-order valence-electron chi connectivity index (χ0n) is 11.5. The quantitative estimate of drug-likeness (QED) is 0.621. The SMILES string of the molecule is C(=N/C(=C/c1ccccc1)c1ccco1)c1ccccc1. The third kappa shape index (κ3) is 3.57. The summed E-state index contributed by atoms with van der Waals surface area (Å²) in [6.07, 6.45) is 5.52. The van der Waals surface area contributed by atoms with E-state index in [0.29, 0.717) is 0 Å². The molecule has 21 heavy (non-hydrogen) atoms. The van der Waals surface area contributed by atoms with Gasteiger partial charge in [0.05, 0.1) is 6.26 Å². The minimum Gasteiger partial charge on any atom is -0.463 e. The van der Waals surface area contributed by atoms with Crippen LogP contribution >= 0.6 is 0 Å². The fraction of sp³-hybridized carbons (Fsp3) is 0. The molecule has 1 heterocycles. The number of rotatable bonds is 4. The van der Waals surface area contributed by atoms with E-state index in [4.69, 9.17) is 4.42 Å². The van der Waals surface area contributed by atoms with E-state index >= 15 is 0 Å². The van der Waals surface area contributed by atoms with Crippen molar-refractivity contribution in [2.75, 3.05) is 0 Å². The molecule has 0 saturated heterocycles. The number of nitrogens with zero attached hydrogens (tertiary/aromatic N) is 1. The van der Waals surface area contributed by atoms with E-state index in [2.05, 4.69) is 4.99 Å². The van der Waals surface area contributed by atoms with Crippen molar-refractivity contribution < 1.29 is 4.42 Å². The summed E-state index contributed by atoms with van der Waals surface area (Å²) in [7, 11) is 0. The first-order valence-electron chi connectivity index (χ1n) is 6.81. The maximum atomic E-state index is 5.47. The lowest BCUT2D eigenvalue weighted by Crippen LogP contribution is -1.83. The molecule has 3 rings (SSSR count). The Hall–Kier alpha value is -2.87. The van der Waals surface area contributed by atoms with Gasteiger partial charge in [0, 0.05) is 6.21 Å². The van der Waals surface area contributed by atoms with Gasteiger partial charge >= 0.3 is 0 Å². The summed E-state index contributed by atoms with van der Waals surface area (Å²) in [6.45, 7) is 0. The van der Waals surface area contributed by atoms with Crippen molar-refractivity contribution in [2.45, 2.75) is 0 Å². The summed E-state index contributed by atoms with van der Waals surface area (Å²) in [5.41, 5.74) is 2.95. The van der Waals surface area contributed by atoms with Gasteiger partial charge < -0.3 is 4.42 Å². The van der Waals surface area contributed by atoms with E-state index in [1.807, 2.05) is 85.1 Å². The standard InChI is InChI=1S/C19H15NO/c1-3-8-16(9-4-1)14-18(19-12-7-13-21-19)20-15-17-10-5-2-6-11-17/h1-15H/b18-14+,20-15?. The van der Waals surface area contributed by atoms with Gasteiger partial charge in [0.2, 0.25) is 0 Å². The predicted molar refractivity (Wildman–Crippen MR) is 87.1 cm³/mol. The maximum Gasteiger partial charge on any atom is 0.152 e. The van der Waals surface area contributed by atoms with Gasteiger partial charge in [0.15, 0.2) is 5.76 Å². The van der Waals surface area contributed by atoms with E-state index in [1.165, 1.54) is 0 Å². The fourth-order valence-electron chi connectivity index (χ4n) is 1.99. The molecule has 0 aliphatic heterocycles. The topological polar surface area (TPSA) is 25.5 Å². The van der Waals surface area contributed by atoms with Crippen LogP contribution in [0.5, 0.6) is 0 Å². The first kappa shape index (κ1) is 13.1. The molecule has 0 aliphatic carbocycles. The average Bonchev–Trinajstić information content (AvgIpc) is 3.08. The molecule has 2 nitrogen and oxygen atoms in total. The molecule has 0 radical (unpaired) electrons. The van der Waals surface area contributed by atoms with Crippen LogP contribution in [0.2, 0.25) is 0 Å². The van der Waals surface area contributed by atoms with Crippen molar-refractivity contribution in [3.63, 3.8) is 0 Å². The highest BCUT2D eigenvalue weighted by molar-refractivity contribution is 5.89. The normalized spacial score (nSPS) is 11.9. The Morgan fingerprint density at radius 1 is 0.762 bits per heavy atom. The maximum absolute atomic E-state index is 5.47. The van der Waals surface area contributed by atoms with Gasteiger partial charge in [-0.3, -0.25) is 4.99 Å². The Morgan fingerprint density at radius 2 is 1.43 bits per heavy atom. The zero-order valence-corrected chi connectivity index (χ0v) is 11.5. The van der Waals surface area contributed by atoms with Crippen LogP contribution in [0, 0.1) is 0 Å². The van der Waals surface area contributed by atoms with Gasteiger partial charge in [-0.2, -0.15) is 0 Å². The highest BCUT2D eigenvalue weighted by Gasteiger charge is 2.02. The molecule has 0 saturated carbocycles. The molecule has 0 bridgehead atoms. The molecule has 0 aliphatic rings. The van der Waals surface area contributed by atoms with E-state index in [-0.39, 0.29) is 0 Å². The second-order valence-electron chi connectivity index (χ2n) is 4.59. The Balaban J connectivity index is 1.94. The lowest BCUT2D eigenvalue weighted by molar-refractivity contribution is 0.552. The van der Waals surface area contributed by atoms with E-state index in [1.54, 1.807) is 6.26 Å². The van der Waals surface area contributed by atoms with Gasteiger partial charge in [-0.25, -0.2) is 0 Å². The molecule has 102 valence electrons. The third-order valence-electron chi connectivity index (χ3n) is 3.03. The average molecular weight is 273 g/mol. The van der Waals surface area contributed by atoms with Gasteiger partial charge in [-0.15, -0.1) is 0 Å². The van der Waals surface area contributed by atoms with Gasteiger partial charge in [0.25, 0.3) is 0 Å². The molecule has 3 aromatic rings. The molecule has 2 heteroatoms. The van der Waals surface area contributed by atoms with Crippen molar-refractivity contribution in [2.24, 2.45) is 4.99 Å². The summed E-state index contributed by atoms with van der Waals surface area (Å²) in [4.78, 5) is 4.57. The van der Waals surface area contributed by atoms with E-state index < -0.39 is 0 Å². The second kappa shape index (κ2) is 6.53. The Morgan fingerprint density at radius 3 is 2.05 bits per heavy atom. The summed E-state index contributed by atoms with van der Waals surface area (Å²) in [5.74, 6) is 0.756. The van der Waals surface area contributed by atoms with Crippen molar-refractivity contribution in [1.82, 2.24) is 0 Å². The van der Waals surface area contributed by atoms with Gasteiger partial charge in [-0.1, -0.05) is 60.7 Å². The van der Waals surface area contributed by atoms with Crippen molar-refractivity contribution in [1.29, 1.82) is 0 Å². The number of benzene rings is 2.